The molecule has 3 aromatic rings. The van der Waals surface area contributed by atoms with Crippen LogP contribution in [-0.2, 0) is 6.61 Å². The van der Waals surface area contributed by atoms with Gasteiger partial charge in [0.1, 0.15) is 23.9 Å². The molecule has 5 heteroatoms. The van der Waals surface area contributed by atoms with Gasteiger partial charge in [0.25, 0.3) is 5.91 Å². The van der Waals surface area contributed by atoms with Crippen LogP contribution in [0.1, 0.15) is 27.4 Å². The summed E-state index contributed by atoms with van der Waals surface area (Å²) in [5.74, 6) is 1.26. The Hall–Kier alpha value is -3.21. The Morgan fingerprint density at radius 1 is 1.08 bits per heavy atom. The third kappa shape index (κ3) is 4.01. The van der Waals surface area contributed by atoms with Gasteiger partial charge in [-0.1, -0.05) is 24.3 Å². The number of amides is 1. The van der Waals surface area contributed by atoms with E-state index in [0.29, 0.717) is 11.4 Å². The first-order valence-electron chi connectivity index (χ1n) is 7.91. The lowest BCUT2D eigenvalue weighted by Crippen LogP contribution is -2.10. The number of anilines is 1. The largest absolute Gasteiger partial charge is 0.508 e. The van der Waals surface area contributed by atoms with E-state index < -0.39 is 0 Å². The summed E-state index contributed by atoms with van der Waals surface area (Å²) in [7, 11) is 0. The molecule has 5 nitrogen and oxygen atoms in total. The molecule has 0 radical (unpaired) electrons. The van der Waals surface area contributed by atoms with Crippen LogP contribution in [0.3, 0.4) is 0 Å². The highest BCUT2D eigenvalue weighted by molar-refractivity contribution is 6.02. The highest BCUT2D eigenvalue weighted by Gasteiger charge is 2.13. The molecule has 3 rings (SSSR count). The molecule has 25 heavy (non-hydrogen) atoms. The Morgan fingerprint density at radius 3 is 2.52 bits per heavy atom. The number of hydrogen-bond donors (Lipinski definition) is 2. The molecule has 0 saturated heterocycles. The maximum atomic E-state index is 12.2. The SMILES string of the molecule is Cc1cccc(C)c1OCc1ccc(C(=O)Nc2cccc(O)c2)o1. The summed E-state index contributed by atoms with van der Waals surface area (Å²) in [5, 5.41) is 12.1. The number of para-hydroxylation sites is 1. The highest BCUT2D eigenvalue weighted by atomic mass is 16.5. The maximum absolute atomic E-state index is 12.2. The van der Waals surface area contributed by atoms with Crippen LogP contribution in [0, 0.1) is 13.8 Å². The van der Waals surface area contributed by atoms with Crippen molar-refractivity contribution in [3.8, 4) is 11.5 Å². The third-order valence-corrected chi connectivity index (χ3v) is 3.76. The van der Waals surface area contributed by atoms with Gasteiger partial charge in [-0.25, -0.2) is 0 Å². The zero-order chi connectivity index (χ0) is 17.8. The first kappa shape index (κ1) is 16.6. The average Bonchev–Trinajstić information content (AvgIpc) is 3.03. The van der Waals surface area contributed by atoms with Crippen molar-refractivity contribution in [3.05, 3.63) is 77.2 Å². The number of furan rings is 1. The number of ether oxygens (including phenoxy) is 1. The Bertz CT molecular complexity index is 878. The van der Waals surface area contributed by atoms with E-state index in [-0.39, 0.29) is 24.0 Å². The minimum Gasteiger partial charge on any atom is -0.508 e. The van der Waals surface area contributed by atoms with Gasteiger partial charge in [0.05, 0.1) is 0 Å². The molecule has 0 fully saturated rings. The van der Waals surface area contributed by atoms with Crippen LogP contribution in [0.25, 0.3) is 0 Å². The van der Waals surface area contributed by atoms with E-state index in [2.05, 4.69) is 5.32 Å². The van der Waals surface area contributed by atoms with E-state index in [1.54, 1.807) is 24.3 Å². The van der Waals surface area contributed by atoms with Gasteiger partial charge in [-0.15, -0.1) is 0 Å². The quantitative estimate of drug-likeness (QED) is 0.722. The molecule has 1 aromatic heterocycles. The van der Waals surface area contributed by atoms with Crippen LogP contribution < -0.4 is 10.1 Å². The minimum atomic E-state index is -0.385. The smallest absolute Gasteiger partial charge is 0.291 e. The standard InChI is InChI=1S/C20H19NO4/c1-13-5-3-6-14(2)19(13)24-12-17-9-10-18(25-17)20(23)21-15-7-4-8-16(22)11-15/h3-11,22H,12H2,1-2H3,(H,21,23). The van der Waals surface area contributed by atoms with Crippen molar-refractivity contribution in [1.82, 2.24) is 0 Å². The fourth-order valence-electron chi connectivity index (χ4n) is 2.52. The second-order valence-corrected chi connectivity index (χ2v) is 5.78. The van der Waals surface area contributed by atoms with Gasteiger partial charge in [0.15, 0.2) is 5.76 Å². The number of carbonyl (C=O) groups is 1. The summed E-state index contributed by atoms with van der Waals surface area (Å²) in [6.07, 6.45) is 0. The average molecular weight is 337 g/mol. The van der Waals surface area contributed by atoms with E-state index >= 15 is 0 Å². The molecule has 0 aliphatic rings. The number of benzene rings is 2. The lowest BCUT2D eigenvalue weighted by atomic mass is 10.1. The van der Waals surface area contributed by atoms with E-state index in [1.165, 1.54) is 12.1 Å². The number of aromatic hydroxyl groups is 1. The van der Waals surface area contributed by atoms with Gasteiger partial charge < -0.3 is 19.6 Å². The van der Waals surface area contributed by atoms with Gasteiger partial charge in [-0.05, 0) is 49.2 Å². The van der Waals surface area contributed by atoms with E-state index in [9.17, 15) is 9.90 Å². The Kier molecular flexibility index (Phi) is 4.75. The van der Waals surface area contributed by atoms with Crippen LogP contribution in [0.5, 0.6) is 11.5 Å². The molecule has 0 spiro atoms. The summed E-state index contributed by atoms with van der Waals surface area (Å²) in [5.41, 5.74) is 2.59. The predicted molar refractivity (Wildman–Crippen MR) is 95.0 cm³/mol. The van der Waals surface area contributed by atoms with E-state index in [1.807, 2.05) is 32.0 Å². The lowest BCUT2D eigenvalue weighted by Gasteiger charge is -2.10. The molecule has 2 N–H and O–H groups in total. The molecule has 0 aliphatic heterocycles. The molecular formula is C20H19NO4. The Labute approximate surface area is 145 Å². The van der Waals surface area contributed by atoms with Gasteiger partial charge in [0, 0.05) is 11.8 Å². The summed E-state index contributed by atoms with van der Waals surface area (Å²) in [4.78, 5) is 12.2. The van der Waals surface area contributed by atoms with Crippen LogP contribution in [0.15, 0.2) is 59.0 Å². The van der Waals surface area contributed by atoms with Gasteiger partial charge >= 0.3 is 0 Å². The van der Waals surface area contributed by atoms with Crippen molar-refractivity contribution in [1.29, 1.82) is 0 Å². The van der Waals surface area contributed by atoms with E-state index in [0.717, 1.165) is 16.9 Å². The van der Waals surface area contributed by atoms with E-state index in [4.69, 9.17) is 9.15 Å². The van der Waals surface area contributed by atoms with Crippen LogP contribution in [-0.4, -0.2) is 11.0 Å². The van der Waals surface area contributed by atoms with Gasteiger partial charge in [-0.2, -0.15) is 0 Å². The number of phenolic OH excluding ortho intramolecular Hbond substituents is 1. The van der Waals surface area contributed by atoms with Crippen LogP contribution >= 0.6 is 0 Å². The summed E-state index contributed by atoms with van der Waals surface area (Å²) in [6, 6.07) is 15.6. The molecule has 0 atom stereocenters. The highest BCUT2D eigenvalue weighted by Crippen LogP contribution is 2.24. The number of rotatable bonds is 5. The van der Waals surface area contributed by atoms with Crippen molar-refractivity contribution < 1.29 is 19.1 Å². The Morgan fingerprint density at radius 2 is 1.80 bits per heavy atom. The normalized spacial score (nSPS) is 10.5. The molecule has 0 bridgehead atoms. The van der Waals surface area contributed by atoms with Crippen molar-refractivity contribution in [2.24, 2.45) is 0 Å². The summed E-state index contributed by atoms with van der Waals surface area (Å²) >= 11 is 0. The molecule has 128 valence electrons. The molecule has 1 heterocycles. The second-order valence-electron chi connectivity index (χ2n) is 5.78. The topological polar surface area (TPSA) is 71.7 Å². The Balaban J connectivity index is 1.65. The van der Waals surface area contributed by atoms with Crippen molar-refractivity contribution >= 4 is 11.6 Å². The summed E-state index contributed by atoms with van der Waals surface area (Å²) in [6.45, 7) is 4.21. The monoisotopic (exact) mass is 337 g/mol. The van der Waals surface area contributed by atoms with Crippen molar-refractivity contribution in [2.45, 2.75) is 20.5 Å². The molecule has 1 amide bonds. The zero-order valence-corrected chi connectivity index (χ0v) is 14.1. The first-order valence-corrected chi connectivity index (χ1v) is 7.91. The lowest BCUT2D eigenvalue weighted by molar-refractivity contribution is 0.0992. The first-order chi connectivity index (χ1) is 12.0. The zero-order valence-electron chi connectivity index (χ0n) is 14.1. The van der Waals surface area contributed by atoms with Crippen molar-refractivity contribution in [3.63, 3.8) is 0 Å². The number of aryl methyl sites for hydroxylation is 2. The fourth-order valence-corrected chi connectivity index (χ4v) is 2.52. The molecular weight excluding hydrogens is 318 g/mol. The van der Waals surface area contributed by atoms with Gasteiger partial charge in [0.2, 0.25) is 0 Å². The van der Waals surface area contributed by atoms with Crippen LogP contribution in [0.4, 0.5) is 5.69 Å². The molecule has 0 unspecified atom stereocenters. The summed E-state index contributed by atoms with van der Waals surface area (Å²) < 4.78 is 11.4. The molecule has 0 aliphatic carbocycles. The number of carbonyl (C=O) groups excluding carboxylic acids is 1. The van der Waals surface area contributed by atoms with Crippen LogP contribution in [0.2, 0.25) is 0 Å². The third-order valence-electron chi connectivity index (χ3n) is 3.76. The minimum absolute atomic E-state index is 0.0833. The maximum Gasteiger partial charge on any atom is 0.291 e. The van der Waals surface area contributed by atoms with Gasteiger partial charge in [-0.3, -0.25) is 4.79 Å². The number of hydrogen-bond acceptors (Lipinski definition) is 4. The molecule has 0 saturated carbocycles. The predicted octanol–water partition coefficient (Wildman–Crippen LogP) is 4.43. The van der Waals surface area contributed by atoms with Crippen molar-refractivity contribution in [2.75, 3.05) is 5.32 Å². The second kappa shape index (κ2) is 7.13. The fraction of sp³-hybridized carbons (Fsp3) is 0.150. The number of nitrogens with one attached hydrogen (secondary N) is 1. The number of phenols is 1. The molecule has 2 aromatic carbocycles.